The van der Waals surface area contributed by atoms with Crippen LogP contribution in [0.15, 0.2) is 18.2 Å². The SMILES string of the molecule is Cc1ccc(CNCC(C)(C)C(C)C)c(Cl)c1. The molecule has 0 heterocycles. The number of halogens is 1. The average Bonchev–Trinajstić information content (AvgIpc) is 2.21. The second-order valence-corrected chi connectivity index (χ2v) is 6.25. The van der Waals surface area contributed by atoms with Gasteiger partial charge in [-0.25, -0.2) is 0 Å². The van der Waals surface area contributed by atoms with Gasteiger partial charge in [-0.05, 0) is 35.4 Å². The largest absolute Gasteiger partial charge is 0.312 e. The predicted molar refractivity (Wildman–Crippen MR) is 76.5 cm³/mol. The molecule has 0 aliphatic rings. The molecule has 1 rings (SSSR count). The third-order valence-corrected chi connectivity index (χ3v) is 4.02. The second-order valence-electron chi connectivity index (χ2n) is 5.84. The molecule has 0 saturated heterocycles. The zero-order valence-corrected chi connectivity index (χ0v) is 12.4. The van der Waals surface area contributed by atoms with Crippen LogP contribution in [0, 0.1) is 18.3 Å². The number of hydrogen-bond acceptors (Lipinski definition) is 1. The minimum absolute atomic E-state index is 0.317. The third-order valence-electron chi connectivity index (χ3n) is 3.67. The van der Waals surface area contributed by atoms with E-state index in [4.69, 9.17) is 11.6 Å². The summed E-state index contributed by atoms with van der Waals surface area (Å²) >= 11 is 6.20. The molecule has 0 bridgehead atoms. The molecule has 0 spiro atoms. The molecule has 0 saturated carbocycles. The van der Waals surface area contributed by atoms with Crippen molar-refractivity contribution in [2.75, 3.05) is 6.54 Å². The standard InChI is InChI=1S/C15H24ClN/c1-11(2)15(4,5)10-17-9-13-7-6-12(3)8-14(13)16/h6-8,11,17H,9-10H2,1-5H3. The smallest absolute Gasteiger partial charge is 0.0453 e. The summed E-state index contributed by atoms with van der Waals surface area (Å²) in [6.45, 7) is 13.0. The molecule has 0 unspecified atom stereocenters. The van der Waals surface area contributed by atoms with Gasteiger partial charge in [-0.3, -0.25) is 0 Å². The van der Waals surface area contributed by atoms with Crippen molar-refractivity contribution in [1.29, 1.82) is 0 Å². The maximum absolute atomic E-state index is 6.20. The van der Waals surface area contributed by atoms with Gasteiger partial charge in [0.05, 0.1) is 0 Å². The van der Waals surface area contributed by atoms with Crippen LogP contribution in [-0.2, 0) is 6.54 Å². The van der Waals surface area contributed by atoms with Crippen molar-refractivity contribution in [3.05, 3.63) is 34.3 Å². The first-order valence-corrected chi connectivity index (χ1v) is 6.66. The highest BCUT2D eigenvalue weighted by molar-refractivity contribution is 6.31. The van der Waals surface area contributed by atoms with Crippen molar-refractivity contribution in [2.24, 2.45) is 11.3 Å². The summed E-state index contributed by atoms with van der Waals surface area (Å²) in [6.07, 6.45) is 0. The summed E-state index contributed by atoms with van der Waals surface area (Å²) in [5, 5.41) is 4.36. The zero-order valence-electron chi connectivity index (χ0n) is 11.6. The van der Waals surface area contributed by atoms with E-state index in [1.54, 1.807) is 0 Å². The Balaban J connectivity index is 2.51. The highest BCUT2D eigenvalue weighted by Crippen LogP contribution is 2.25. The molecule has 0 amide bonds. The monoisotopic (exact) mass is 253 g/mol. The molecule has 0 atom stereocenters. The number of benzene rings is 1. The number of hydrogen-bond donors (Lipinski definition) is 1. The Hall–Kier alpha value is -0.530. The van der Waals surface area contributed by atoms with E-state index in [0.29, 0.717) is 11.3 Å². The molecule has 1 aromatic carbocycles. The van der Waals surface area contributed by atoms with Gasteiger partial charge in [0.2, 0.25) is 0 Å². The summed E-state index contributed by atoms with van der Waals surface area (Å²) < 4.78 is 0. The van der Waals surface area contributed by atoms with Crippen molar-refractivity contribution >= 4 is 11.6 Å². The number of rotatable bonds is 5. The van der Waals surface area contributed by atoms with Gasteiger partial charge in [0.1, 0.15) is 0 Å². The fourth-order valence-corrected chi connectivity index (χ4v) is 1.82. The number of nitrogens with one attached hydrogen (secondary N) is 1. The quantitative estimate of drug-likeness (QED) is 0.819. The van der Waals surface area contributed by atoms with Crippen molar-refractivity contribution in [3.8, 4) is 0 Å². The maximum Gasteiger partial charge on any atom is 0.0453 e. The lowest BCUT2D eigenvalue weighted by atomic mass is 9.81. The van der Waals surface area contributed by atoms with Crippen molar-refractivity contribution < 1.29 is 0 Å². The molecule has 17 heavy (non-hydrogen) atoms. The molecule has 96 valence electrons. The van der Waals surface area contributed by atoms with E-state index < -0.39 is 0 Å². The maximum atomic E-state index is 6.20. The van der Waals surface area contributed by atoms with Gasteiger partial charge in [-0.15, -0.1) is 0 Å². The van der Waals surface area contributed by atoms with Gasteiger partial charge in [0, 0.05) is 18.1 Å². The van der Waals surface area contributed by atoms with Gasteiger partial charge in [0.15, 0.2) is 0 Å². The molecule has 0 radical (unpaired) electrons. The molecule has 1 N–H and O–H groups in total. The third kappa shape index (κ3) is 4.33. The summed E-state index contributed by atoms with van der Waals surface area (Å²) in [5.74, 6) is 0.670. The van der Waals surface area contributed by atoms with Crippen LogP contribution < -0.4 is 5.32 Å². The lowest BCUT2D eigenvalue weighted by molar-refractivity contribution is 0.238. The van der Waals surface area contributed by atoms with E-state index in [1.165, 1.54) is 11.1 Å². The lowest BCUT2D eigenvalue weighted by Crippen LogP contribution is -2.33. The Labute approximate surface area is 111 Å². The van der Waals surface area contributed by atoms with Crippen LogP contribution in [0.2, 0.25) is 5.02 Å². The van der Waals surface area contributed by atoms with E-state index >= 15 is 0 Å². The average molecular weight is 254 g/mol. The summed E-state index contributed by atoms with van der Waals surface area (Å²) in [7, 11) is 0. The van der Waals surface area contributed by atoms with E-state index in [2.05, 4.69) is 52.1 Å². The van der Waals surface area contributed by atoms with Crippen LogP contribution in [0.25, 0.3) is 0 Å². The molecule has 2 heteroatoms. The Morgan fingerprint density at radius 1 is 1.29 bits per heavy atom. The molecule has 0 fully saturated rings. The summed E-state index contributed by atoms with van der Waals surface area (Å²) in [6, 6.07) is 6.23. The second kappa shape index (κ2) is 5.88. The first-order valence-electron chi connectivity index (χ1n) is 6.28. The fraction of sp³-hybridized carbons (Fsp3) is 0.600. The highest BCUT2D eigenvalue weighted by atomic mass is 35.5. The minimum atomic E-state index is 0.317. The van der Waals surface area contributed by atoms with Crippen LogP contribution in [0.1, 0.15) is 38.8 Å². The van der Waals surface area contributed by atoms with Crippen LogP contribution in [0.4, 0.5) is 0 Å². The molecule has 0 aromatic heterocycles. The van der Waals surface area contributed by atoms with Crippen LogP contribution in [0.5, 0.6) is 0 Å². The fourth-order valence-electron chi connectivity index (χ4n) is 1.52. The zero-order chi connectivity index (χ0) is 13.1. The van der Waals surface area contributed by atoms with Gasteiger partial charge in [-0.1, -0.05) is 51.4 Å². The molecule has 0 aliphatic heterocycles. The van der Waals surface area contributed by atoms with Crippen LogP contribution in [0.3, 0.4) is 0 Å². The predicted octanol–water partition coefficient (Wildman–Crippen LogP) is 4.42. The highest BCUT2D eigenvalue weighted by Gasteiger charge is 2.21. The summed E-state index contributed by atoms with van der Waals surface area (Å²) in [4.78, 5) is 0. The van der Waals surface area contributed by atoms with Gasteiger partial charge < -0.3 is 5.32 Å². The minimum Gasteiger partial charge on any atom is -0.312 e. The molecular formula is C15H24ClN. The van der Waals surface area contributed by atoms with Crippen molar-refractivity contribution in [1.82, 2.24) is 5.32 Å². The Morgan fingerprint density at radius 3 is 2.47 bits per heavy atom. The number of aryl methyl sites for hydroxylation is 1. The van der Waals surface area contributed by atoms with Gasteiger partial charge >= 0.3 is 0 Å². The normalized spacial score (nSPS) is 12.2. The molecule has 1 nitrogen and oxygen atoms in total. The first-order chi connectivity index (χ1) is 7.83. The Bertz CT molecular complexity index is 369. The summed E-state index contributed by atoms with van der Waals surface area (Å²) in [5.41, 5.74) is 2.70. The van der Waals surface area contributed by atoms with Crippen LogP contribution in [-0.4, -0.2) is 6.54 Å². The van der Waals surface area contributed by atoms with E-state index in [1.807, 2.05) is 6.07 Å². The van der Waals surface area contributed by atoms with Crippen molar-refractivity contribution in [3.63, 3.8) is 0 Å². The van der Waals surface area contributed by atoms with Crippen LogP contribution >= 0.6 is 11.6 Å². The first kappa shape index (κ1) is 14.5. The Morgan fingerprint density at radius 2 is 1.94 bits per heavy atom. The Kier molecular flexibility index (Phi) is 5.03. The van der Waals surface area contributed by atoms with Gasteiger partial charge in [-0.2, -0.15) is 0 Å². The van der Waals surface area contributed by atoms with E-state index in [-0.39, 0.29) is 0 Å². The van der Waals surface area contributed by atoms with Crippen molar-refractivity contribution in [2.45, 2.75) is 41.2 Å². The molecular weight excluding hydrogens is 230 g/mol. The van der Waals surface area contributed by atoms with E-state index in [9.17, 15) is 0 Å². The molecule has 1 aromatic rings. The van der Waals surface area contributed by atoms with Gasteiger partial charge in [0.25, 0.3) is 0 Å². The topological polar surface area (TPSA) is 12.0 Å². The molecule has 0 aliphatic carbocycles. The van der Waals surface area contributed by atoms with E-state index in [0.717, 1.165) is 18.1 Å². The lowest BCUT2D eigenvalue weighted by Gasteiger charge is -2.29.